The first kappa shape index (κ1) is 12.4. The molecule has 0 spiro atoms. The molecule has 2 N–H and O–H groups in total. The van der Waals surface area contributed by atoms with E-state index in [1.54, 1.807) is 13.0 Å². The summed E-state index contributed by atoms with van der Waals surface area (Å²) >= 11 is 0. The van der Waals surface area contributed by atoms with Gasteiger partial charge in [-0.3, -0.25) is 9.59 Å². The molecule has 0 saturated carbocycles. The van der Waals surface area contributed by atoms with Gasteiger partial charge in [0.25, 0.3) is 0 Å². The molecule has 0 aromatic carbocycles. The van der Waals surface area contributed by atoms with Gasteiger partial charge in [-0.25, -0.2) is 0 Å². The van der Waals surface area contributed by atoms with Crippen LogP contribution in [-0.4, -0.2) is 22.2 Å². The average Bonchev–Trinajstić information content (AvgIpc) is 2.03. The zero-order valence-corrected chi connectivity index (χ0v) is 8.28. The van der Waals surface area contributed by atoms with Crippen molar-refractivity contribution in [3.63, 3.8) is 0 Å². The van der Waals surface area contributed by atoms with E-state index in [9.17, 15) is 9.59 Å². The second-order valence-electron chi connectivity index (χ2n) is 3.07. The van der Waals surface area contributed by atoms with Gasteiger partial charge in [0.15, 0.2) is 5.92 Å². The second kappa shape index (κ2) is 5.21. The summed E-state index contributed by atoms with van der Waals surface area (Å²) in [6.45, 7) is 6.73. The van der Waals surface area contributed by atoms with Crippen LogP contribution in [0.2, 0.25) is 0 Å². The number of rotatable bonds is 5. The number of carbonyl (C=O) groups is 2. The fraction of sp³-hybridized carbons (Fsp3) is 0.400. The molecule has 0 radical (unpaired) electrons. The summed E-state index contributed by atoms with van der Waals surface area (Å²) < 4.78 is 0. The van der Waals surface area contributed by atoms with Crippen molar-refractivity contribution in [1.82, 2.24) is 0 Å². The second-order valence-corrected chi connectivity index (χ2v) is 3.07. The van der Waals surface area contributed by atoms with E-state index in [2.05, 4.69) is 6.58 Å². The van der Waals surface area contributed by atoms with Gasteiger partial charge in [-0.1, -0.05) is 11.6 Å². The first-order valence-electron chi connectivity index (χ1n) is 4.14. The third-order valence-electron chi connectivity index (χ3n) is 2.05. The SMILES string of the molecule is C=CC/C(C)=C(\C)C(C(=O)O)C(=O)O. The van der Waals surface area contributed by atoms with Gasteiger partial charge in [0.1, 0.15) is 0 Å². The van der Waals surface area contributed by atoms with E-state index in [1.807, 2.05) is 0 Å². The molecule has 0 aliphatic rings. The number of hydrogen-bond acceptors (Lipinski definition) is 2. The normalized spacial score (nSPS) is 12.2. The zero-order valence-electron chi connectivity index (χ0n) is 8.28. The van der Waals surface area contributed by atoms with Crippen LogP contribution in [0.3, 0.4) is 0 Å². The summed E-state index contributed by atoms with van der Waals surface area (Å²) in [6.07, 6.45) is 2.11. The highest BCUT2D eigenvalue weighted by atomic mass is 16.4. The summed E-state index contributed by atoms with van der Waals surface area (Å²) in [4.78, 5) is 21.3. The molecule has 0 atom stereocenters. The molecule has 0 heterocycles. The minimum absolute atomic E-state index is 0.366. The third kappa shape index (κ3) is 3.05. The maximum Gasteiger partial charge on any atom is 0.322 e. The minimum Gasteiger partial charge on any atom is -0.480 e. The van der Waals surface area contributed by atoms with Crippen LogP contribution in [-0.2, 0) is 9.59 Å². The van der Waals surface area contributed by atoms with Gasteiger partial charge in [-0.05, 0) is 25.8 Å². The van der Waals surface area contributed by atoms with Crippen molar-refractivity contribution < 1.29 is 19.8 Å². The predicted molar refractivity (Wildman–Crippen MR) is 51.9 cm³/mol. The van der Waals surface area contributed by atoms with Gasteiger partial charge >= 0.3 is 11.9 Å². The van der Waals surface area contributed by atoms with Crippen molar-refractivity contribution in [2.75, 3.05) is 0 Å². The monoisotopic (exact) mass is 198 g/mol. The lowest BCUT2D eigenvalue weighted by Gasteiger charge is -2.10. The highest BCUT2D eigenvalue weighted by Gasteiger charge is 2.28. The molecule has 0 aromatic heterocycles. The van der Waals surface area contributed by atoms with Gasteiger partial charge in [0.05, 0.1) is 0 Å². The summed E-state index contributed by atoms with van der Waals surface area (Å²) in [5.74, 6) is -4.12. The Balaban J connectivity index is 5.02. The van der Waals surface area contributed by atoms with Crippen molar-refractivity contribution in [2.24, 2.45) is 5.92 Å². The lowest BCUT2D eigenvalue weighted by atomic mass is 9.95. The summed E-state index contributed by atoms with van der Waals surface area (Å²) in [6, 6.07) is 0. The maximum absolute atomic E-state index is 10.7. The first-order chi connectivity index (χ1) is 6.41. The molecule has 4 heteroatoms. The Bertz CT molecular complexity index is 274. The van der Waals surface area contributed by atoms with Crippen LogP contribution in [0.4, 0.5) is 0 Å². The van der Waals surface area contributed by atoms with Crippen LogP contribution in [0.25, 0.3) is 0 Å². The first-order valence-corrected chi connectivity index (χ1v) is 4.14. The number of allylic oxidation sites excluding steroid dienone is 2. The third-order valence-corrected chi connectivity index (χ3v) is 2.05. The molecule has 0 fully saturated rings. The number of hydrogen-bond donors (Lipinski definition) is 2. The smallest absolute Gasteiger partial charge is 0.322 e. The van der Waals surface area contributed by atoms with Crippen molar-refractivity contribution in [3.8, 4) is 0 Å². The summed E-state index contributed by atoms with van der Waals surface area (Å²) in [7, 11) is 0. The Morgan fingerprint density at radius 2 is 1.71 bits per heavy atom. The summed E-state index contributed by atoms with van der Waals surface area (Å²) in [5.41, 5.74) is 1.10. The molecule has 0 unspecified atom stereocenters. The fourth-order valence-corrected chi connectivity index (χ4v) is 1.10. The quantitative estimate of drug-likeness (QED) is 0.520. The Hall–Kier alpha value is -1.58. The lowest BCUT2D eigenvalue weighted by Crippen LogP contribution is -2.25. The molecule has 0 bridgehead atoms. The van der Waals surface area contributed by atoms with E-state index in [1.165, 1.54) is 6.92 Å². The van der Waals surface area contributed by atoms with Crippen LogP contribution in [0, 0.1) is 5.92 Å². The highest BCUT2D eigenvalue weighted by molar-refractivity contribution is 5.96. The average molecular weight is 198 g/mol. The van der Waals surface area contributed by atoms with Crippen molar-refractivity contribution in [2.45, 2.75) is 20.3 Å². The Morgan fingerprint density at radius 3 is 2.00 bits per heavy atom. The zero-order chi connectivity index (χ0) is 11.3. The van der Waals surface area contributed by atoms with Gasteiger partial charge in [0.2, 0.25) is 0 Å². The van der Waals surface area contributed by atoms with Crippen LogP contribution in [0.1, 0.15) is 20.3 Å². The predicted octanol–water partition coefficient (Wildman–Crippen LogP) is 1.68. The van der Waals surface area contributed by atoms with Crippen LogP contribution in [0.15, 0.2) is 23.8 Å². The van der Waals surface area contributed by atoms with Crippen molar-refractivity contribution in [3.05, 3.63) is 23.8 Å². The van der Waals surface area contributed by atoms with E-state index in [0.717, 1.165) is 5.57 Å². The number of carboxylic acid groups (broad SMARTS) is 2. The topological polar surface area (TPSA) is 74.6 Å². The van der Waals surface area contributed by atoms with E-state index >= 15 is 0 Å². The van der Waals surface area contributed by atoms with Gasteiger partial charge in [0, 0.05) is 0 Å². The molecule has 0 rings (SSSR count). The molecule has 0 aliphatic heterocycles. The molecule has 0 saturated heterocycles. The lowest BCUT2D eigenvalue weighted by molar-refractivity contribution is -0.152. The van der Waals surface area contributed by atoms with E-state index in [0.29, 0.717) is 12.0 Å². The van der Waals surface area contributed by atoms with Crippen LogP contribution < -0.4 is 0 Å². The van der Waals surface area contributed by atoms with Crippen molar-refractivity contribution in [1.29, 1.82) is 0 Å². The van der Waals surface area contributed by atoms with Crippen LogP contribution in [0.5, 0.6) is 0 Å². The van der Waals surface area contributed by atoms with E-state index < -0.39 is 17.9 Å². The maximum atomic E-state index is 10.7. The Kier molecular flexibility index (Phi) is 4.63. The number of carboxylic acids is 2. The molecule has 0 amide bonds. The number of aliphatic carboxylic acids is 2. The fourth-order valence-electron chi connectivity index (χ4n) is 1.10. The van der Waals surface area contributed by atoms with Crippen molar-refractivity contribution >= 4 is 11.9 Å². The van der Waals surface area contributed by atoms with Crippen LogP contribution >= 0.6 is 0 Å². The standard InChI is InChI=1S/C10H14O4/c1-4-5-6(2)7(3)8(9(11)12)10(13)14/h4,8H,1,5H2,2-3H3,(H,11,12)(H,13,14)/b7-6+. The molecule has 78 valence electrons. The van der Waals surface area contributed by atoms with E-state index in [4.69, 9.17) is 10.2 Å². The minimum atomic E-state index is -1.45. The Morgan fingerprint density at radius 1 is 1.29 bits per heavy atom. The molecular weight excluding hydrogens is 184 g/mol. The molecule has 14 heavy (non-hydrogen) atoms. The van der Waals surface area contributed by atoms with Gasteiger partial charge in [-0.15, -0.1) is 6.58 Å². The van der Waals surface area contributed by atoms with E-state index in [-0.39, 0.29) is 0 Å². The molecule has 0 aliphatic carbocycles. The largest absolute Gasteiger partial charge is 0.480 e. The summed E-state index contributed by atoms with van der Waals surface area (Å²) in [5, 5.41) is 17.4. The molecule has 4 nitrogen and oxygen atoms in total. The Labute approximate surface area is 82.6 Å². The van der Waals surface area contributed by atoms with Gasteiger partial charge in [-0.2, -0.15) is 0 Å². The molecule has 0 aromatic rings. The molecular formula is C10H14O4. The van der Waals surface area contributed by atoms with Gasteiger partial charge < -0.3 is 10.2 Å². The highest BCUT2D eigenvalue weighted by Crippen LogP contribution is 2.18.